The summed E-state index contributed by atoms with van der Waals surface area (Å²) in [6.07, 6.45) is 1.31. The topological polar surface area (TPSA) is 41.6 Å². The third kappa shape index (κ3) is 4.67. The number of carbonyl (C=O) groups excluding carboxylic acids is 1. The molecule has 21 heavy (non-hydrogen) atoms. The highest BCUT2D eigenvalue weighted by Gasteiger charge is 2.25. The van der Waals surface area contributed by atoms with Crippen LogP contribution in [0.15, 0.2) is 24.3 Å². The van der Waals surface area contributed by atoms with E-state index in [9.17, 15) is 13.6 Å². The molecule has 116 valence electrons. The molecule has 1 fully saturated rings. The van der Waals surface area contributed by atoms with Crippen LogP contribution in [-0.2, 0) is 11.2 Å². The molecule has 0 saturated carbocycles. The van der Waals surface area contributed by atoms with E-state index in [-0.39, 0.29) is 11.7 Å². The first-order chi connectivity index (χ1) is 10.1. The molecule has 1 aliphatic rings. The Bertz CT molecular complexity index is 465. The molecule has 0 radical (unpaired) electrons. The van der Waals surface area contributed by atoms with E-state index in [1.807, 2.05) is 11.9 Å². The van der Waals surface area contributed by atoms with Crippen molar-refractivity contribution in [3.63, 3.8) is 0 Å². The SMILES string of the molecule is CNCC1CCN(C(=O)Cc2ccc(OC(F)F)cc2)C1. The molecule has 0 aromatic heterocycles. The smallest absolute Gasteiger partial charge is 0.387 e. The predicted octanol–water partition coefficient (Wildman–Crippen LogP) is 1.90. The number of benzene rings is 1. The first-order valence-corrected chi connectivity index (χ1v) is 7.04. The lowest BCUT2D eigenvalue weighted by Crippen LogP contribution is -2.31. The molecule has 1 heterocycles. The molecule has 0 aliphatic carbocycles. The molecule has 1 saturated heterocycles. The van der Waals surface area contributed by atoms with Crippen molar-refractivity contribution in [2.75, 3.05) is 26.7 Å². The number of carbonyl (C=O) groups is 1. The van der Waals surface area contributed by atoms with Gasteiger partial charge in [-0.3, -0.25) is 4.79 Å². The predicted molar refractivity (Wildman–Crippen MR) is 75.4 cm³/mol. The summed E-state index contributed by atoms with van der Waals surface area (Å²) in [7, 11) is 1.91. The maximum absolute atomic E-state index is 12.2. The summed E-state index contributed by atoms with van der Waals surface area (Å²) in [4.78, 5) is 14.0. The zero-order chi connectivity index (χ0) is 15.2. The zero-order valence-electron chi connectivity index (χ0n) is 12.0. The molecule has 0 spiro atoms. The molecule has 1 N–H and O–H groups in total. The third-order valence-electron chi connectivity index (χ3n) is 3.64. The van der Waals surface area contributed by atoms with Gasteiger partial charge in [0.15, 0.2) is 0 Å². The Balaban J connectivity index is 1.85. The van der Waals surface area contributed by atoms with Gasteiger partial charge in [0.25, 0.3) is 0 Å². The number of rotatable bonds is 6. The number of hydrogen-bond acceptors (Lipinski definition) is 3. The van der Waals surface area contributed by atoms with Gasteiger partial charge >= 0.3 is 6.61 Å². The van der Waals surface area contributed by atoms with E-state index in [0.717, 1.165) is 31.6 Å². The van der Waals surface area contributed by atoms with E-state index in [0.29, 0.717) is 12.3 Å². The van der Waals surface area contributed by atoms with Crippen LogP contribution in [0.5, 0.6) is 5.75 Å². The van der Waals surface area contributed by atoms with Gasteiger partial charge in [0.2, 0.25) is 5.91 Å². The number of halogens is 2. The number of ether oxygens (including phenoxy) is 1. The monoisotopic (exact) mass is 298 g/mol. The van der Waals surface area contributed by atoms with Crippen molar-refractivity contribution in [2.45, 2.75) is 19.5 Å². The summed E-state index contributed by atoms with van der Waals surface area (Å²) in [6, 6.07) is 6.22. The van der Waals surface area contributed by atoms with Crippen LogP contribution in [0.25, 0.3) is 0 Å². The van der Waals surface area contributed by atoms with Crippen molar-refractivity contribution in [3.05, 3.63) is 29.8 Å². The van der Waals surface area contributed by atoms with E-state index < -0.39 is 6.61 Å². The average molecular weight is 298 g/mol. The first kappa shape index (κ1) is 15.7. The van der Waals surface area contributed by atoms with Crippen LogP contribution in [0, 0.1) is 5.92 Å². The van der Waals surface area contributed by atoms with Crippen molar-refractivity contribution >= 4 is 5.91 Å². The van der Waals surface area contributed by atoms with Gasteiger partial charge in [-0.25, -0.2) is 0 Å². The summed E-state index contributed by atoms with van der Waals surface area (Å²) in [5.41, 5.74) is 0.804. The van der Waals surface area contributed by atoms with E-state index >= 15 is 0 Å². The van der Waals surface area contributed by atoms with Crippen molar-refractivity contribution in [1.29, 1.82) is 0 Å². The highest BCUT2D eigenvalue weighted by Crippen LogP contribution is 2.18. The molecular formula is C15H20F2N2O2. The standard InChI is InChI=1S/C15H20F2N2O2/c1-18-9-12-6-7-19(10-12)14(20)8-11-2-4-13(5-3-11)21-15(16)17/h2-5,12,15,18H,6-10H2,1H3. The van der Waals surface area contributed by atoms with Crippen LogP contribution in [-0.4, -0.2) is 44.1 Å². The number of alkyl halides is 2. The fourth-order valence-electron chi connectivity index (χ4n) is 2.59. The Morgan fingerprint density at radius 2 is 2.14 bits per heavy atom. The fraction of sp³-hybridized carbons (Fsp3) is 0.533. The Hall–Kier alpha value is -1.69. The minimum Gasteiger partial charge on any atom is -0.435 e. The second-order valence-corrected chi connectivity index (χ2v) is 5.25. The summed E-state index contributed by atoms with van der Waals surface area (Å²) in [5, 5.41) is 3.13. The first-order valence-electron chi connectivity index (χ1n) is 7.04. The second kappa shape index (κ2) is 7.36. The lowest BCUT2D eigenvalue weighted by Gasteiger charge is -2.16. The lowest BCUT2D eigenvalue weighted by molar-refractivity contribution is -0.129. The van der Waals surface area contributed by atoms with Crippen LogP contribution >= 0.6 is 0 Å². The average Bonchev–Trinajstić information content (AvgIpc) is 2.89. The van der Waals surface area contributed by atoms with Crippen LogP contribution in [0.2, 0.25) is 0 Å². The quantitative estimate of drug-likeness (QED) is 0.872. The summed E-state index contributed by atoms with van der Waals surface area (Å²) in [6.45, 7) is -0.334. The van der Waals surface area contributed by atoms with Crippen LogP contribution in [0.1, 0.15) is 12.0 Å². The number of amides is 1. The van der Waals surface area contributed by atoms with Gasteiger partial charge < -0.3 is 15.0 Å². The largest absolute Gasteiger partial charge is 0.435 e. The minimum absolute atomic E-state index is 0.0798. The van der Waals surface area contributed by atoms with Crippen LogP contribution < -0.4 is 10.1 Å². The Kier molecular flexibility index (Phi) is 5.50. The van der Waals surface area contributed by atoms with E-state index in [2.05, 4.69) is 10.1 Å². The molecule has 2 rings (SSSR count). The summed E-state index contributed by atoms with van der Waals surface area (Å²) >= 11 is 0. The number of nitrogens with one attached hydrogen (secondary N) is 1. The highest BCUT2D eigenvalue weighted by atomic mass is 19.3. The molecule has 1 atom stereocenters. The Labute approximate surface area is 123 Å². The molecule has 1 unspecified atom stereocenters. The molecule has 1 aromatic rings. The van der Waals surface area contributed by atoms with E-state index in [4.69, 9.17) is 0 Å². The molecule has 0 bridgehead atoms. The van der Waals surface area contributed by atoms with E-state index in [1.165, 1.54) is 12.1 Å². The van der Waals surface area contributed by atoms with Gasteiger partial charge in [0.05, 0.1) is 6.42 Å². The van der Waals surface area contributed by atoms with Gasteiger partial charge in [-0.1, -0.05) is 12.1 Å². The van der Waals surface area contributed by atoms with Crippen molar-refractivity contribution < 1.29 is 18.3 Å². The normalized spacial score (nSPS) is 18.3. The van der Waals surface area contributed by atoms with Gasteiger partial charge in [0, 0.05) is 13.1 Å². The Morgan fingerprint density at radius 1 is 1.43 bits per heavy atom. The maximum Gasteiger partial charge on any atom is 0.387 e. The number of likely N-dealkylation sites (tertiary alicyclic amines) is 1. The number of nitrogens with zero attached hydrogens (tertiary/aromatic N) is 1. The molecule has 1 amide bonds. The minimum atomic E-state index is -2.83. The summed E-state index contributed by atoms with van der Waals surface area (Å²) < 4.78 is 28.4. The van der Waals surface area contributed by atoms with Gasteiger partial charge in [-0.05, 0) is 43.6 Å². The van der Waals surface area contributed by atoms with Crippen LogP contribution in [0.4, 0.5) is 8.78 Å². The second-order valence-electron chi connectivity index (χ2n) is 5.25. The highest BCUT2D eigenvalue weighted by molar-refractivity contribution is 5.79. The van der Waals surface area contributed by atoms with E-state index in [1.54, 1.807) is 12.1 Å². The van der Waals surface area contributed by atoms with Gasteiger partial charge in [-0.2, -0.15) is 8.78 Å². The fourth-order valence-corrected chi connectivity index (χ4v) is 2.59. The summed E-state index contributed by atoms with van der Waals surface area (Å²) in [5.74, 6) is 0.702. The Morgan fingerprint density at radius 3 is 2.76 bits per heavy atom. The zero-order valence-corrected chi connectivity index (χ0v) is 12.0. The molecule has 6 heteroatoms. The molecule has 4 nitrogen and oxygen atoms in total. The molecular weight excluding hydrogens is 278 g/mol. The van der Waals surface area contributed by atoms with Crippen molar-refractivity contribution in [2.24, 2.45) is 5.92 Å². The van der Waals surface area contributed by atoms with Gasteiger partial charge in [0.1, 0.15) is 5.75 Å². The number of hydrogen-bond donors (Lipinski definition) is 1. The maximum atomic E-state index is 12.2. The molecule has 1 aliphatic heterocycles. The van der Waals surface area contributed by atoms with Crippen molar-refractivity contribution in [1.82, 2.24) is 10.2 Å². The lowest BCUT2D eigenvalue weighted by atomic mass is 10.1. The van der Waals surface area contributed by atoms with Crippen LogP contribution in [0.3, 0.4) is 0 Å². The third-order valence-corrected chi connectivity index (χ3v) is 3.64. The van der Waals surface area contributed by atoms with Crippen molar-refractivity contribution in [3.8, 4) is 5.75 Å². The van der Waals surface area contributed by atoms with Gasteiger partial charge in [-0.15, -0.1) is 0 Å². The molecule has 1 aromatic carbocycles.